The molecule has 0 aliphatic carbocycles. The van der Waals surface area contributed by atoms with E-state index >= 15 is 0 Å². The second-order valence-corrected chi connectivity index (χ2v) is 9.11. The lowest BCUT2D eigenvalue weighted by molar-refractivity contribution is 0.469. The molecule has 0 unspecified atom stereocenters. The molecule has 0 aliphatic rings. The van der Waals surface area contributed by atoms with Gasteiger partial charge in [-0.25, -0.2) is 0 Å². The smallest absolute Gasteiger partial charge is 0.127 e. The van der Waals surface area contributed by atoms with Crippen molar-refractivity contribution < 1.29 is 10.2 Å². The lowest BCUT2D eigenvalue weighted by atomic mass is 10.0. The summed E-state index contributed by atoms with van der Waals surface area (Å²) in [6.45, 7) is 4.70. The summed E-state index contributed by atoms with van der Waals surface area (Å²) in [4.78, 5) is 8.92. The lowest BCUT2D eigenvalue weighted by Crippen LogP contribution is -1.93. The van der Waals surface area contributed by atoms with Gasteiger partial charge in [-0.05, 0) is 71.5 Å². The van der Waals surface area contributed by atoms with Crippen LogP contribution in [0.2, 0.25) is 0 Å². The van der Waals surface area contributed by atoms with Gasteiger partial charge in [-0.1, -0.05) is 85.0 Å². The van der Waals surface area contributed by atoms with Gasteiger partial charge in [0.1, 0.15) is 11.5 Å². The molecule has 4 heteroatoms. The predicted molar refractivity (Wildman–Crippen MR) is 161 cm³/mol. The van der Waals surface area contributed by atoms with Crippen LogP contribution in [-0.2, 0) is 0 Å². The minimum Gasteiger partial charge on any atom is -0.507 e. The van der Waals surface area contributed by atoms with Crippen molar-refractivity contribution in [1.29, 1.82) is 0 Å². The first-order valence-electron chi connectivity index (χ1n) is 12.6. The van der Waals surface area contributed by atoms with Crippen LogP contribution in [0.25, 0.3) is 24.3 Å². The number of rotatable bonds is 9. The van der Waals surface area contributed by atoms with E-state index in [0.717, 1.165) is 33.4 Å². The Morgan fingerprint density at radius 2 is 0.895 bits per heavy atom. The molecule has 2 N–H and O–H groups in total. The van der Waals surface area contributed by atoms with Crippen LogP contribution in [-0.4, -0.2) is 35.7 Å². The molecule has 4 rings (SSSR count). The number of hydrogen-bond acceptors (Lipinski definition) is 4. The highest BCUT2D eigenvalue weighted by atomic mass is 16.3. The molecule has 0 atom stereocenters. The van der Waals surface area contributed by atoms with Gasteiger partial charge in [0.15, 0.2) is 0 Å². The van der Waals surface area contributed by atoms with E-state index in [2.05, 4.69) is 9.98 Å². The van der Waals surface area contributed by atoms with E-state index < -0.39 is 0 Å². The maximum absolute atomic E-state index is 10.5. The van der Waals surface area contributed by atoms with Gasteiger partial charge >= 0.3 is 0 Å². The summed E-state index contributed by atoms with van der Waals surface area (Å²) >= 11 is 0. The summed E-state index contributed by atoms with van der Waals surface area (Å²) < 4.78 is 0. The quantitative estimate of drug-likeness (QED) is 0.141. The van der Waals surface area contributed by atoms with Crippen LogP contribution in [0.1, 0.15) is 44.5 Å². The van der Waals surface area contributed by atoms with E-state index in [1.807, 2.05) is 123 Å². The van der Waals surface area contributed by atoms with Gasteiger partial charge in [0.25, 0.3) is 0 Å². The van der Waals surface area contributed by atoms with Crippen molar-refractivity contribution in [2.75, 3.05) is 13.1 Å². The molecule has 0 saturated carbocycles. The third-order valence-electron chi connectivity index (χ3n) is 6.06. The third kappa shape index (κ3) is 7.40. The number of aromatic hydroxyl groups is 2. The molecule has 4 aromatic rings. The van der Waals surface area contributed by atoms with E-state index in [-0.39, 0.29) is 11.5 Å². The molecule has 0 aromatic heterocycles. The number of benzene rings is 4. The SMILES string of the molecule is Cc1cc(/C=C/c2ccccc2)cc(C=NCCN=Cc2cc(/C=C/c3ccccc3)cc(C)c2O)c1O. The number of aliphatic imine (C=N–C) groups is 2. The molecular weight excluding hydrogens is 468 g/mol. The van der Waals surface area contributed by atoms with Crippen LogP contribution in [0.15, 0.2) is 94.9 Å². The Balaban J connectivity index is 1.38. The van der Waals surface area contributed by atoms with Crippen LogP contribution in [0, 0.1) is 13.8 Å². The highest BCUT2D eigenvalue weighted by Crippen LogP contribution is 2.25. The van der Waals surface area contributed by atoms with E-state index in [9.17, 15) is 10.2 Å². The summed E-state index contributed by atoms with van der Waals surface area (Å²) in [6, 6.07) is 27.9. The summed E-state index contributed by atoms with van der Waals surface area (Å²) in [5.74, 6) is 0.463. The van der Waals surface area contributed by atoms with Crippen molar-refractivity contribution in [3.63, 3.8) is 0 Å². The van der Waals surface area contributed by atoms with Crippen LogP contribution in [0.3, 0.4) is 0 Å². The molecule has 38 heavy (non-hydrogen) atoms. The highest BCUT2D eigenvalue weighted by Gasteiger charge is 2.05. The molecule has 0 saturated heterocycles. The van der Waals surface area contributed by atoms with Crippen LogP contribution in [0.4, 0.5) is 0 Å². The second-order valence-electron chi connectivity index (χ2n) is 9.11. The largest absolute Gasteiger partial charge is 0.507 e. The highest BCUT2D eigenvalue weighted by molar-refractivity contribution is 5.87. The van der Waals surface area contributed by atoms with Gasteiger partial charge in [-0.15, -0.1) is 0 Å². The molecule has 0 heterocycles. The molecule has 0 fully saturated rings. The molecule has 0 bridgehead atoms. The molecule has 0 spiro atoms. The van der Waals surface area contributed by atoms with Crippen molar-refractivity contribution in [2.24, 2.45) is 9.98 Å². The van der Waals surface area contributed by atoms with Gasteiger partial charge in [0.2, 0.25) is 0 Å². The molecule has 0 amide bonds. The Morgan fingerprint density at radius 1 is 0.526 bits per heavy atom. The normalized spacial score (nSPS) is 11.9. The lowest BCUT2D eigenvalue weighted by Gasteiger charge is -2.06. The zero-order valence-corrected chi connectivity index (χ0v) is 21.8. The van der Waals surface area contributed by atoms with Crippen LogP contribution in [0.5, 0.6) is 11.5 Å². The number of hydrogen-bond donors (Lipinski definition) is 2. The fourth-order valence-corrected chi connectivity index (χ4v) is 4.01. The summed E-state index contributed by atoms with van der Waals surface area (Å²) in [5.41, 5.74) is 7.17. The van der Waals surface area contributed by atoms with Crippen molar-refractivity contribution in [2.45, 2.75) is 13.8 Å². The van der Waals surface area contributed by atoms with Crippen LogP contribution >= 0.6 is 0 Å². The predicted octanol–water partition coefficient (Wildman–Crippen LogP) is 7.59. The van der Waals surface area contributed by atoms with E-state index in [0.29, 0.717) is 24.2 Å². The van der Waals surface area contributed by atoms with Crippen molar-refractivity contribution >= 4 is 36.7 Å². The second kappa shape index (κ2) is 13.0. The van der Waals surface area contributed by atoms with Gasteiger partial charge < -0.3 is 10.2 Å². The number of phenols is 2. The zero-order chi connectivity index (χ0) is 26.7. The van der Waals surface area contributed by atoms with Crippen molar-refractivity contribution in [1.82, 2.24) is 0 Å². The van der Waals surface area contributed by atoms with E-state index in [4.69, 9.17) is 0 Å². The van der Waals surface area contributed by atoms with E-state index in [1.165, 1.54) is 0 Å². The Hall–Kier alpha value is -4.70. The number of aryl methyl sites for hydroxylation is 2. The Labute approximate surface area is 224 Å². The average molecular weight is 501 g/mol. The summed E-state index contributed by atoms with van der Waals surface area (Å²) in [6.07, 6.45) is 11.5. The number of phenolic OH excluding ortho intramolecular Hbond substituents is 2. The van der Waals surface area contributed by atoms with Crippen LogP contribution < -0.4 is 0 Å². The fourth-order valence-electron chi connectivity index (χ4n) is 4.01. The first-order chi connectivity index (χ1) is 18.5. The third-order valence-corrected chi connectivity index (χ3v) is 6.06. The molecule has 0 aliphatic heterocycles. The maximum Gasteiger partial charge on any atom is 0.127 e. The standard InChI is InChI=1S/C34H32N2O2/c1-25-19-29(15-13-27-9-5-3-6-10-27)21-31(33(25)37)23-35-17-18-36-24-32-22-30(20-26(2)34(32)38)16-14-28-11-7-4-8-12-28/h3-16,19-24,37-38H,17-18H2,1-2H3/b15-13+,16-14+,35-23?,36-24?. The van der Waals surface area contributed by atoms with Gasteiger partial charge in [-0.2, -0.15) is 0 Å². The Morgan fingerprint density at radius 3 is 1.29 bits per heavy atom. The monoisotopic (exact) mass is 500 g/mol. The average Bonchev–Trinajstić information content (AvgIpc) is 2.94. The summed E-state index contributed by atoms with van der Waals surface area (Å²) in [7, 11) is 0. The molecule has 4 nitrogen and oxygen atoms in total. The molecule has 4 aromatic carbocycles. The maximum atomic E-state index is 10.5. The Kier molecular flexibility index (Phi) is 9.03. The van der Waals surface area contributed by atoms with Gasteiger partial charge in [-0.3, -0.25) is 9.98 Å². The molecule has 190 valence electrons. The van der Waals surface area contributed by atoms with E-state index in [1.54, 1.807) is 12.4 Å². The Bertz CT molecular complexity index is 1370. The molecule has 0 radical (unpaired) electrons. The first-order valence-corrected chi connectivity index (χ1v) is 12.6. The minimum atomic E-state index is 0.231. The van der Waals surface area contributed by atoms with Crippen molar-refractivity contribution in [3.05, 3.63) is 129 Å². The first kappa shape index (κ1) is 26.4. The van der Waals surface area contributed by atoms with Crippen molar-refractivity contribution in [3.8, 4) is 11.5 Å². The zero-order valence-electron chi connectivity index (χ0n) is 21.8. The summed E-state index contributed by atoms with van der Waals surface area (Å²) in [5, 5.41) is 21.0. The van der Waals surface area contributed by atoms with Gasteiger partial charge in [0.05, 0.1) is 13.1 Å². The molecular formula is C34H32N2O2. The minimum absolute atomic E-state index is 0.231. The fraction of sp³-hybridized carbons (Fsp3) is 0.118. The van der Waals surface area contributed by atoms with Gasteiger partial charge in [0, 0.05) is 23.6 Å². The topological polar surface area (TPSA) is 65.2 Å². The number of nitrogens with zero attached hydrogens (tertiary/aromatic N) is 2.